The van der Waals surface area contributed by atoms with Crippen molar-refractivity contribution in [2.75, 3.05) is 29.0 Å². The van der Waals surface area contributed by atoms with Gasteiger partial charge in [0.1, 0.15) is 0 Å². The lowest BCUT2D eigenvalue weighted by Gasteiger charge is -2.18. The third-order valence-corrected chi connectivity index (χ3v) is 3.95. The molecule has 0 radical (unpaired) electrons. The van der Waals surface area contributed by atoms with Gasteiger partial charge in [-0.2, -0.15) is 0 Å². The molecule has 0 unspecified atom stereocenters. The van der Waals surface area contributed by atoms with E-state index in [1.54, 1.807) is 0 Å². The fourth-order valence-electron chi connectivity index (χ4n) is 2.78. The second kappa shape index (κ2) is 9.40. The molecule has 0 bridgehead atoms. The normalized spacial score (nSPS) is 12.9. The SMILES string of the molecule is Cl.Cl.Nc1ccc(CC(=O)Nc2cccc(N3CCCC3)c2)cc1. The Morgan fingerprint density at radius 2 is 1.71 bits per heavy atom. The van der Waals surface area contributed by atoms with E-state index < -0.39 is 0 Å². The molecule has 2 aromatic carbocycles. The number of halogens is 2. The van der Waals surface area contributed by atoms with Crippen molar-refractivity contribution in [2.45, 2.75) is 19.3 Å². The fraction of sp³-hybridized carbons (Fsp3) is 0.278. The highest BCUT2D eigenvalue weighted by molar-refractivity contribution is 5.92. The molecule has 130 valence electrons. The first kappa shape index (κ1) is 20.1. The summed E-state index contributed by atoms with van der Waals surface area (Å²) in [6.07, 6.45) is 2.84. The highest BCUT2D eigenvalue weighted by Gasteiger charge is 2.13. The summed E-state index contributed by atoms with van der Waals surface area (Å²) in [7, 11) is 0. The lowest BCUT2D eigenvalue weighted by molar-refractivity contribution is -0.115. The van der Waals surface area contributed by atoms with Crippen LogP contribution in [0.25, 0.3) is 0 Å². The summed E-state index contributed by atoms with van der Waals surface area (Å²) in [6.45, 7) is 2.20. The summed E-state index contributed by atoms with van der Waals surface area (Å²) in [5.41, 5.74) is 9.36. The molecule has 24 heavy (non-hydrogen) atoms. The Hall–Kier alpha value is -1.91. The number of benzene rings is 2. The molecule has 3 N–H and O–H groups in total. The van der Waals surface area contributed by atoms with Crippen LogP contribution in [0.4, 0.5) is 17.1 Å². The molecule has 0 atom stereocenters. The Morgan fingerprint density at radius 3 is 2.38 bits per heavy atom. The van der Waals surface area contributed by atoms with E-state index in [0.29, 0.717) is 12.1 Å². The van der Waals surface area contributed by atoms with E-state index in [2.05, 4.69) is 16.3 Å². The first-order valence-electron chi connectivity index (χ1n) is 7.70. The van der Waals surface area contributed by atoms with Crippen LogP contribution in [0.1, 0.15) is 18.4 Å². The Bertz CT molecular complexity index is 656. The summed E-state index contributed by atoms with van der Waals surface area (Å²) in [4.78, 5) is 14.5. The van der Waals surface area contributed by atoms with Crippen LogP contribution >= 0.6 is 24.8 Å². The minimum absolute atomic E-state index is 0. The molecule has 6 heteroatoms. The van der Waals surface area contributed by atoms with Crippen molar-refractivity contribution in [3.63, 3.8) is 0 Å². The van der Waals surface area contributed by atoms with Gasteiger partial charge in [-0.15, -0.1) is 24.8 Å². The summed E-state index contributed by atoms with van der Waals surface area (Å²) in [5, 5.41) is 2.97. The van der Waals surface area contributed by atoms with Crippen LogP contribution in [0.3, 0.4) is 0 Å². The molecule has 1 amide bonds. The van der Waals surface area contributed by atoms with Crippen LogP contribution in [0, 0.1) is 0 Å². The molecule has 1 aliphatic rings. The number of anilines is 3. The molecule has 4 nitrogen and oxygen atoms in total. The molecule has 1 fully saturated rings. The van der Waals surface area contributed by atoms with Crippen LogP contribution < -0.4 is 16.0 Å². The van der Waals surface area contributed by atoms with Gasteiger partial charge in [0, 0.05) is 30.2 Å². The maximum atomic E-state index is 12.1. The van der Waals surface area contributed by atoms with Crippen molar-refractivity contribution in [3.05, 3.63) is 54.1 Å². The maximum absolute atomic E-state index is 12.1. The van der Waals surface area contributed by atoms with E-state index in [9.17, 15) is 4.79 Å². The van der Waals surface area contributed by atoms with Gasteiger partial charge < -0.3 is 16.0 Å². The topological polar surface area (TPSA) is 58.4 Å². The Kier molecular flexibility index (Phi) is 7.89. The van der Waals surface area contributed by atoms with Gasteiger partial charge in [0.15, 0.2) is 0 Å². The van der Waals surface area contributed by atoms with Gasteiger partial charge in [-0.3, -0.25) is 4.79 Å². The van der Waals surface area contributed by atoms with Crippen molar-refractivity contribution >= 4 is 47.8 Å². The van der Waals surface area contributed by atoms with Crippen LogP contribution in [0.2, 0.25) is 0 Å². The van der Waals surface area contributed by atoms with Crippen molar-refractivity contribution in [3.8, 4) is 0 Å². The number of carbonyl (C=O) groups excluding carboxylic acids is 1. The minimum Gasteiger partial charge on any atom is -0.399 e. The summed E-state index contributed by atoms with van der Waals surface area (Å²) < 4.78 is 0. The number of nitrogens with one attached hydrogen (secondary N) is 1. The third-order valence-electron chi connectivity index (χ3n) is 3.95. The van der Waals surface area contributed by atoms with Crippen LogP contribution in [-0.2, 0) is 11.2 Å². The Balaban J connectivity index is 0.00000144. The molecule has 0 spiro atoms. The standard InChI is InChI=1S/C18H21N3O.2ClH/c19-15-8-6-14(7-9-15)12-18(22)20-16-4-3-5-17(13-16)21-10-1-2-11-21;;/h3-9,13H,1-2,10-12,19H2,(H,20,22);2*1H. The highest BCUT2D eigenvalue weighted by atomic mass is 35.5. The van der Waals surface area contributed by atoms with E-state index >= 15 is 0 Å². The zero-order valence-electron chi connectivity index (χ0n) is 13.4. The molecular weight excluding hydrogens is 345 g/mol. The average molecular weight is 368 g/mol. The second-order valence-electron chi connectivity index (χ2n) is 5.71. The number of carbonyl (C=O) groups is 1. The van der Waals surface area contributed by atoms with Crippen molar-refractivity contribution in [1.29, 1.82) is 0 Å². The van der Waals surface area contributed by atoms with E-state index in [4.69, 9.17) is 5.73 Å². The molecule has 1 saturated heterocycles. The van der Waals surface area contributed by atoms with Crippen LogP contribution in [0.15, 0.2) is 48.5 Å². The van der Waals surface area contributed by atoms with Gasteiger partial charge in [-0.25, -0.2) is 0 Å². The number of nitrogen functional groups attached to an aromatic ring is 1. The molecule has 2 aromatic rings. The Labute approximate surface area is 155 Å². The molecule has 0 saturated carbocycles. The number of hydrogen-bond acceptors (Lipinski definition) is 3. The van der Waals surface area contributed by atoms with Gasteiger partial charge in [-0.1, -0.05) is 18.2 Å². The third kappa shape index (κ3) is 5.32. The van der Waals surface area contributed by atoms with E-state index in [1.165, 1.54) is 18.5 Å². The molecule has 0 aromatic heterocycles. The zero-order chi connectivity index (χ0) is 15.4. The van der Waals surface area contributed by atoms with Crippen molar-refractivity contribution in [1.82, 2.24) is 0 Å². The lowest BCUT2D eigenvalue weighted by Crippen LogP contribution is -2.18. The molecule has 1 aliphatic heterocycles. The van der Waals surface area contributed by atoms with Gasteiger partial charge >= 0.3 is 0 Å². The first-order chi connectivity index (χ1) is 10.7. The highest BCUT2D eigenvalue weighted by Crippen LogP contribution is 2.23. The zero-order valence-corrected chi connectivity index (χ0v) is 15.0. The van der Waals surface area contributed by atoms with E-state index in [1.807, 2.05) is 42.5 Å². The molecular formula is C18H23Cl2N3O. The largest absolute Gasteiger partial charge is 0.399 e. The Morgan fingerprint density at radius 1 is 1.04 bits per heavy atom. The van der Waals surface area contributed by atoms with Gasteiger partial charge in [-0.05, 0) is 48.7 Å². The van der Waals surface area contributed by atoms with E-state index in [-0.39, 0.29) is 30.7 Å². The number of rotatable bonds is 4. The maximum Gasteiger partial charge on any atom is 0.228 e. The predicted octanol–water partition coefficient (Wildman–Crippen LogP) is 3.89. The fourth-order valence-corrected chi connectivity index (χ4v) is 2.78. The van der Waals surface area contributed by atoms with E-state index in [0.717, 1.165) is 24.3 Å². The minimum atomic E-state index is -0.0108. The summed E-state index contributed by atoms with van der Waals surface area (Å²) in [6, 6.07) is 15.5. The molecule has 3 rings (SSSR count). The molecule has 0 aliphatic carbocycles. The predicted molar refractivity (Wildman–Crippen MR) is 106 cm³/mol. The molecule has 1 heterocycles. The first-order valence-corrected chi connectivity index (χ1v) is 7.70. The van der Waals surface area contributed by atoms with Crippen molar-refractivity contribution < 1.29 is 4.79 Å². The number of nitrogens with two attached hydrogens (primary N) is 1. The van der Waals surface area contributed by atoms with Gasteiger partial charge in [0.05, 0.1) is 6.42 Å². The second-order valence-corrected chi connectivity index (χ2v) is 5.71. The monoisotopic (exact) mass is 367 g/mol. The van der Waals surface area contributed by atoms with Crippen LogP contribution in [0.5, 0.6) is 0 Å². The summed E-state index contributed by atoms with van der Waals surface area (Å²) in [5.74, 6) is -0.0108. The smallest absolute Gasteiger partial charge is 0.228 e. The number of hydrogen-bond donors (Lipinski definition) is 2. The quantitative estimate of drug-likeness (QED) is 0.805. The summed E-state index contributed by atoms with van der Waals surface area (Å²) >= 11 is 0. The van der Waals surface area contributed by atoms with Gasteiger partial charge in [0.2, 0.25) is 5.91 Å². The van der Waals surface area contributed by atoms with Gasteiger partial charge in [0.25, 0.3) is 0 Å². The average Bonchev–Trinajstić information content (AvgIpc) is 3.04. The number of nitrogens with zero attached hydrogens (tertiary/aromatic N) is 1. The number of amides is 1. The van der Waals surface area contributed by atoms with Crippen LogP contribution in [-0.4, -0.2) is 19.0 Å². The van der Waals surface area contributed by atoms with Crippen molar-refractivity contribution in [2.24, 2.45) is 0 Å². The lowest BCUT2D eigenvalue weighted by atomic mass is 10.1.